The van der Waals surface area contributed by atoms with Crippen LogP contribution in [0.2, 0.25) is 0 Å². The molecule has 0 fully saturated rings. The van der Waals surface area contributed by atoms with E-state index in [9.17, 15) is 4.79 Å². The molecule has 1 aromatic carbocycles. The van der Waals surface area contributed by atoms with Crippen molar-refractivity contribution in [1.29, 1.82) is 0 Å². The van der Waals surface area contributed by atoms with Gasteiger partial charge in [0.2, 0.25) is 5.91 Å². The second kappa shape index (κ2) is 12.9. The van der Waals surface area contributed by atoms with E-state index >= 15 is 0 Å². The maximum atomic E-state index is 11.7. The first-order valence-corrected chi connectivity index (χ1v) is 7.92. The number of guanidine groups is 1. The number of hydrogen-bond acceptors (Lipinski definition) is 3. The largest absolute Gasteiger partial charge is 0.497 e. The van der Waals surface area contributed by atoms with E-state index < -0.39 is 0 Å². The SMILES string of the molecule is CCCCNC(=NCc1ccc(OC)cc1)NCC(=O)N(C)C.I. The number of halogens is 1. The monoisotopic (exact) mass is 448 g/mol. The van der Waals surface area contributed by atoms with Crippen LogP contribution in [0.1, 0.15) is 25.3 Å². The number of aliphatic imine (C=N–C) groups is 1. The highest BCUT2D eigenvalue weighted by Crippen LogP contribution is 2.11. The molecule has 0 saturated heterocycles. The molecule has 7 heteroatoms. The summed E-state index contributed by atoms with van der Waals surface area (Å²) in [5, 5.41) is 6.33. The summed E-state index contributed by atoms with van der Waals surface area (Å²) in [4.78, 5) is 17.8. The van der Waals surface area contributed by atoms with Crippen LogP contribution in [0.5, 0.6) is 5.75 Å². The van der Waals surface area contributed by atoms with E-state index in [1.165, 1.54) is 0 Å². The number of benzene rings is 1. The third kappa shape index (κ3) is 8.95. The Morgan fingerprint density at radius 1 is 1.21 bits per heavy atom. The summed E-state index contributed by atoms with van der Waals surface area (Å²) in [5.74, 6) is 1.50. The van der Waals surface area contributed by atoms with E-state index in [-0.39, 0.29) is 36.4 Å². The molecule has 1 rings (SSSR count). The Morgan fingerprint density at radius 2 is 1.88 bits per heavy atom. The number of likely N-dealkylation sites (N-methyl/N-ethyl adjacent to an activating group) is 1. The van der Waals surface area contributed by atoms with Gasteiger partial charge in [0.1, 0.15) is 5.75 Å². The molecule has 0 heterocycles. The van der Waals surface area contributed by atoms with Crippen LogP contribution >= 0.6 is 24.0 Å². The average molecular weight is 448 g/mol. The van der Waals surface area contributed by atoms with Crippen molar-refractivity contribution in [1.82, 2.24) is 15.5 Å². The minimum atomic E-state index is 0. The lowest BCUT2D eigenvalue weighted by Gasteiger charge is -2.15. The van der Waals surface area contributed by atoms with Crippen molar-refractivity contribution in [3.8, 4) is 5.75 Å². The van der Waals surface area contributed by atoms with E-state index in [1.807, 2.05) is 24.3 Å². The summed E-state index contributed by atoms with van der Waals surface area (Å²) in [6.07, 6.45) is 2.17. The maximum absolute atomic E-state index is 11.7. The maximum Gasteiger partial charge on any atom is 0.241 e. The van der Waals surface area contributed by atoms with Crippen molar-refractivity contribution in [2.24, 2.45) is 4.99 Å². The van der Waals surface area contributed by atoms with Gasteiger partial charge < -0.3 is 20.3 Å². The second-order valence-electron chi connectivity index (χ2n) is 5.43. The molecule has 0 aliphatic carbocycles. The lowest BCUT2D eigenvalue weighted by atomic mass is 10.2. The zero-order chi connectivity index (χ0) is 17.1. The Labute approximate surface area is 162 Å². The molecule has 0 aliphatic heterocycles. The summed E-state index contributed by atoms with van der Waals surface area (Å²) in [7, 11) is 5.12. The number of carbonyl (C=O) groups excluding carboxylic acids is 1. The number of carbonyl (C=O) groups is 1. The van der Waals surface area contributed by atoms with E-state index in [0.29, 0.717) is 12.5 Å². The lowest BCUT2D eigenvalue weighted by molar-refractivity contribution is -0.127. The first-order valence-electron chi connectivity index (χ1n) is 7.92. The van der Waals surface area contributed by atoms with Crippen LogP contribution in [-0.4, -0.2) is 51.1 Å². The van der Waals surface area contributed by atoms with Crippen molar-refractivity contribution < 1.29 is 9.53 Å². The lowest BCUT2D eigenvalue weighted by Crippen LogP contribution is -2.43. The Bertz CT molecular complexity index is 504. The van der Waals surface area contributed by atoms with E-state index in [1.54, 1.807) is 26.1 Å². The summed E-state index contributed by atoms with van der Waals surface area (Å²) in [5.41, 5.74) is 1.08. The number of ether oxygens (including phenoxy) is 1. The highest BCUT2D eigenvalue weighted by Gasteiger charge is 2.05. The molecule has 0 aromatic heterocycles. The molecule has 2 N–H and O–H groups in total. The molecule has 0 aliphatic rings. The molecule has 24 heavy (non-hydrogen) atoms. The summed E-state index contributed by atoms with van der Waals surface area (Å²) in [6, 6.07) is 7.80. The average Bonchev–Trinajstić information content (AvgIpc) is 2.57. The van der Waals surface area contributed by atoms with Crippen molar-refractivity contribution in [3.05, 3.63) is 29.8 Å². The molecule has 136 valence electrons. The van der Waals surface area contributed by atoms with Gasteiger partial charge in [0.05, 0.1) is 20.2 Å². The predicted octanol–water partition coefficient (Wildman–Crippen LogP) is 2.24. The van der Waals surface area contributed by atoms with Crippen molar-refractivity contribution in [3.63, 3.8) is 0 Å². The van der Waals surface area contributed by atoms with Crippen molar-refractivity contribution >= 4 is 35.8 Å². The molecular formula is C17H29IN4O2. The van der Waals surface area contributed by atoms with Gasteiger partial charge in [-0.1, -0.05) is 25.5 Å². The molecule has 0 spiro atoms. The number of methoxy groups -OCH3 is 1. The fourth-order valence-electron chi connectivity index (χ4n) is 1.78. The molecule has 1 aromatic rings. The van der Waals surface area contributed by atoms with Gasteiger partial charge in [-0.05, 0) is 24.1 Å². The Morgan fingerprint density at radius 3 is 2.42 bits per heavy atom. The smallest absolute Gasteiger partial charge is 0.241 e. The molecular weight excluding hydrogens is 419 g/mol. The topological polar surface area (TPSA) is 66.0 Å². The Balaban J connectivity index is 0.00000529. The van der Waals surface area contributed by atoms with Crippen molar-refractivity contribution in [2.45, 2.75) is 26.3 Å². The second-order valence-corrected chi connectivity index (χ2v) is 5.43. The van der Waals surface area contributed by atoms with Crippen LogP contribution in [0.15, 0.2) is 29.3 Å². The van der Waals surface area contributed by atoms with Gasteiger partial charge in [-0.2, -0.15) is 0 Å². The fraction of sp³-hybridized carbons (Fsp3) is 0.529. The van der Waals surface area contributed by atoms with Crippen LogP contribution in [0.4, 0.5) is 0 Å². The van der Waals surface area contributed by atoms with Crippen molar-refractivity contribution in [2.75, 3.05) is 34.3 Å². The summed E-state index contributed by atoms with van der Waals surface area (Å²) >= 11 is 0. The Hall–Kier alpha value is -1.51. The van der Waals surface area contributed by atoms with Crippen LogP contribution in [0.25, 0.3) is 0 Å². The van der Waals surface area contributed by atoms with Crippen LogP contribution in [-0.2, 0) is 11.3 Å². The van der Waals surface area contributed by atoms with Crippen LogP contribution in [0.3, 0.4) is 0 Å². The van der Waals surface area contributed by atoms with Gasteiger partial charge in [0.25, 0.3) is 0 Å². The number of rotatable bonds is 8. The highest BCUT2D eigenvalue weighted by molar-refractivity contribution is 14.0. The third-order valence-corrected chi connectivity index (χ3v) is 3.31. The van der Waals surface area contributed by atoms with Crippen LogP contribution in [0, 0.1) is 0 Å². The fourth-order valence-corrected chi connectivity index (χ4v) is 1.78. The number of nitrogens with one attached hydrogen (secondary N) is 2. The van der Waals surface area contributed by atoms with Crippen LogP contribution < -0.4 is 15.4 Å². The highest BCUT2D eigenvalue weighted by atomic mass is 127. The zero-order valence-corrected chi connectivity index (χ0v) is 17.3. The quantitative estimate of drug-likeness (QED) is 0.277. The van der Waals surface area contributed by atoms with Gasteiger partial charge in [0, 0.05) is 20.6 Å². The molecule has 0 bridgehead atoms. The van der Waals surface area contributed by atoms with E-state index in [0.717, 1.165) is 30.7 Å². The first-order chi connectivity index (χ1) is 11.1. The van der Waals surface area contributed by atoms with E-state index in [4.69, 9.17) is 4.74 Å². The van der Waals surface area contributed by atoms with Gasteiger partial charge >= 0.3 is 0 Å². The molecule has 6 nitrogen and oxygen atoms in total. The Kier molecular flexibility index (Phi) is 12.0. The number of unbranched alkanes of at least 4 members (excludes halogenated alkanes) is 1. The van der Waals surface area contributed by atoms with Gasteiger partial charge in [-0.15, -0.1) is 24.0 Å². The minimum absolute atomic E-state index is 0. The normalized spacial score (nSPS) is 10.6. The minimum Gasteiger partial charge on any atom is -0.497 e. The zero-order valence-electron chi connectivity index (χ0n) is 15.0. The number of nitrogens with zero attached hydrogens (tertiary/aromatic N) is 2. The number of amides is 1. The summed E-state index contributed by atoms with van der Waals surface area (Å²) in [6.45, 7) is 3.75. The third-order valence-electron chi connectivity index (χ3n) is 3.31. The molecule has 0 saturated carbocycles. The van der Waals surface area contributed by atoms with Gasteiger partial charge in [-0.25, -0.2) is 4.99 Å². The molecule has 0 radical (unpaired) electrons. The number of hydrogen-bond donors (Lipinski definition) is 2. The molecule has 0 atom stereocenters. The van der Waals surface area contributed by atoms with Gasteiger partial charge in [-0.3, -0.25) is 4.79 Å². The predicted molar refractivity (Wildman–Crippen MR) is 109 cm³/mol. The summed E-state index contributed by atoms with van der Waals surface area (Å²) < 4.78 is 5.14. The first kappa shape index (κ1) is 22.5. The van der Waals surface area contributed by atoms with Gasteiger partial charge in [0.15, 0.2) is 5.96 Å². The van der Waals surface area contributed by atoms with E-state index in [2.05, 4.69) is 22.5 Å². The standard InChI is InChI=1S/C17H28N4O2.HI/c1-5-6-11-18-17(20-13-16(22)21(2)3)19-12-14-7-9-15(23-4)10-8-14;/h7-10H,5-6,11-13H2,1-4H3,(H2,18,19,20);1H. The molecule has 1 amide bonds. The molecule has 0 unspecified atom stereocenters.